The highest BCUT2D eigenvalue weighted by Crippen LogP contribution is 2.22. The van der Waals surface area contributed by atoms with E-state index in [-0.39, 0.29) is 6.04 Å². The van der Waals surface area contributed by atoms with Gasteiger partial charge < -0.3 is 10.7 Å². The van der Waals surface area contributed by atoms with E-state index in [1.165, 1.54) is 0 Å². The van der Waals surface area contributed by atoms with Gasteiger partial charge in [-0.3, -0.25) is 9.80 Å². The lowest BCUT2D eigenvalue weighted by Gasteiger charge is -2.40. The molecule has 1 atom stereocenters. The molecular formula is C13H25N5. The standard InChI is InChI=1S/C13H25N5/c1-10(2)17-4-6-18(7-5-17)12(8-14)13-11(3)15-9-16-13/h9-10,12H,4-8,14H2,1-3H3,(H,15,16). The first kappa shape index (κ1) is 13.5. The molecule has 0 aliphatic carbocycles. The Labute approximate surface area is 109 Å². The summed E-state index contributed by atoms with van der Waals surface area (Å²) in [6.07, 6.45) is 1.76. The molecule has 1 aromatic rings. The van der Waals surface area contributed by atoms with E-state index in [9.17, 15) is 0 Å². The summed E-state index contributed by atoms with van der Waals surface area (Å²) < 4.78 is 0. The molecule has 102 valence electrons. The summed E-state index contributed by atoms with van der Waals surface area (Å²) in [7, 11) is 0. The summed E-state index contributed by atoms with van der Waals surface area (Å²) in [5.74, 6) is 0. The molecule has 2 rings (SSSR count). The number of aryl methyl sites for hydroxylation is 1. The maximum absolute atomic E-state index is 5.95. The lowest BCUT2D eigenvalue weighted by Crippen LogP contribution is -2.51. The minimum Gasteiger partial charge on any atom is -0.348 e. The fourth-order valence-corrected chi connectivity index (χ4v) is 2.70. The Morgan fingerprint density at radius 3 is 2.33 bits per heavy atom. The normalized spacial score (nSPS) is 20.5. The first-order valence-corrected chi connectivity index (χ1v) is 6.81. The van der Waals surface area contributed by atoms with Crippen LogP contribution in [0, 0.1) is 6.92 Å². The number of aromatic amines is 1. The summed E-state index contributed by atoms with van der Waals surface area (Å²) in [6, 6.07) is 0.890. The lowest BCUT2D eigenvalue weighted by atomic mass is 10.1. The van der Waals surface area contributed by atoms with Crippen molar-refractivity contribution in [1.29, 1.82) is 0 Å². The van der Waals surface area contributed by atoms with Gasteiger partial charge in [0.25, 0.3) is 0 Å². The monoisotopic (exact) mass is 251 g/mol. The van der Waals surface area contributed by atoms with Crippen molar-refractivity contribution in [3.05, 3.63) is 17.7 Å². The molecule has 3 N–H and O–H groups in total. The van der Waals surface area contributed by atoms with Crippen LogP contribution in [0.25, 0.3) is 0 Å². The van der Waals surface area contributed by atoms with Crippen molar-refractivity contribution >= 4 is 0 Å². The number of aromatic nitrogens is 2. The van der Waals surface area contributed by atoms with Crippen LogP contribution >= 0.6 is 0 Å². The number of H-pyrrole nitrogens is 1. The number of hydrogen-bond acceptors (Lipinski definition) is 4. The Hall–Kier alpha value is -0.910. The van der Waals surface area contributed by atoms with Crippen molar-refractivity contribution in [3.63, 3.8) is 0 Å². The maximum Gasteiger partial charge on any atom is 0.0925 e. The molecule has 18 heavy (non-hydrogen) atoms. The highest BCUT2D eigenvalue weighted by molar-refractivity contribution is 5.14. The van der Waals surface area contributed by atoms with Gasteiger partial charge in [-0.2, -0.15) is 0 Å². The molecule has 5 nitrogen and oxygen atoms in total. The number of piperazine rings is 1. The quantitative estimate of drug-likeness (QED) is 0.829. The third-order valence-corrected chi connectivity index (χ3v) is 3.93. The lowest BCUT2D eigenvalue weighted by molar-refractivity contribution is 0.0788. The van der Waals surface area contributed by atoms with E-state index >= 15 is 0 Å². The molecule has 0 spiro atoms. The summed E-state index contributed by atoms with van der Waals surface area (Å²) >= 11 is 0. The van der Waals surface area contributed by atoms with E-state index < -0.39 is 0 Å². The minimum atomic E-state index is 0.255. The molecule has 1 fully saturated rings. The van der Waals surface area contributed by atoms with Crippen LogP contribution in [-0.2, 0) is 0 Å². The third-order valence-electron chi connectivity index (χ3n) is 3.93. The van der Waals surface area contributed by atoms with Gasteiger partial charge >= 0.3 is 0 Å². The largest absolute Gasteiger partial charge is 0.348 e. The minimum absolute atomic E-state index is 0.255. The van der Waals surface area contributed by atoms with Gasteiger partial charge in [0.2, 0.25) is 0 Å². The summed E-state index contributed by atoms with van der Waals surface area (Å²) in [6.45, 7) is 11.6. The van der Waals surface area contributed by atoms with Crippen molar-refractivity contribution in [2.24, 2.45) is 5.73 Å². The highest BCUT2D eigenvalue weighted by Gasteiger charge is 2.27. The molecule has 1 aliphatic heterocycles. The van der Waals surface area contributed by atoms with Gasteiger partial charge in [0.15, 0.2) is 0 Å². The number of imidazole rings is 1. The molecule has 0 bridgehead atoms. The molecule has 1 unspecified atom stereocenters. The van der Waals surface area contributed by atoms with Crippen LogP contribution in [0.15, 0.2) is 6.33 Å². The van der Waals surface area contributed by atoms with Crippen LogP contribution < -0.4 is 5.73 Å². The molecule has 0 amide bonds. The molecule has 5 heteroatoms. The number of nitrogens with zero attached hydrogens (tertiary/aromatic N) is 3. The second-order valence-electron chi connectivity index (χ2n) is 5.33. The summed E-state index contributed by atoms with van der Waals surface area (Å²) in [5, 5.41) is 0. The van der Waals surface area contributed by atoms with Gasteiger partial charge in [0.1, 0.15) is 0 Å². The number of nitrogens with two attached hydrogens (primary N) is 1. The van der Waals surface area contributed by atoms with E-state index in [0.717, 1.165) is 37.6 Å². The second kappa shape index (κ2) is 5.82. The third kappa shape index (κ3) is 2.74. The second-order valence-corrected chi connectivity index (χ2v) is 5.33. The van der Waals surface area contributed by atoms with Crippen LogP contribution in [0.5, 0.6) is 0 Å². The Morgan fingerprint density at radius 2 is 1.89 bits per heavy atom. The topological polar surface area (TPSA) is 61.2 Å². The predicted molar refractivity (Wildman–Crippen MR) is 73.4 cm³/mol. The van der Waals surface area contributed by atoms with Crippen LogP contribution in [0.4, 0.5) is 0 Å². The number of hydrogen-bond donors (Lipinski definition) is 2. The van der Waals surface area contributed by atoms with Gasteiger partial charge in [-0.15, -0.1) is 0 Å². The Balaban J connectivity index is 2.01. The molecule has 2 heterocycles. The van der Waals surface area contributed by atoms with Gasteiger partial charge in [-0.25, -0.2) is 4.98 Å². The van der Waals surface area contributed by atoms with Gasteiger partial charge in [0, 0.05) is 44.5 Å². The molecule has 1 aliphatic rings. The van der Waals surface area contributed by atoms with E-state index in [2.05, 4.69) is 40.5 Å². The zero-order valence-corrected chi connectivity index (χ0v) is 11.7. The average molecular weight is 251 g/mol. The first-order valence-electron chi connectivity index (χ1n) is 6.81. The Morgan fingerprint density at radius 1 is 1.28 bits per heavy atom. The maximum atomic E-state index is 5.95. The van der Waals surface area contributed by atoms with E-state index in [1.54, 1.807) is 6.33 Å². The zero-order valence-electron chi connectivity index (χ0n) is 11.7. The fraction of sp³-hybridized carbons (Fsp3) is 0.769. The molecular weight excluding hydrogens is 226 g/mol. The van der Waals surface area contributed by atoms with Crippen LogP contribution in [-0.4, -0.2) is 58.5 Å². The SMILES string of the molecule is Cc1[nH]cnc1C(CN)N1CCN(C(C)C)CC1. The van der Waals surface area contributed by atoms with Crippen LogP contribution in [0.3, 0.4) is 0 Å². The van der Waals surface area contributed by atoms with E-state index in [1.807, 2.05) is 0 Å². The van der Waals surface area contributed by atoms with Crippen molar-refractivity contribution in [2.45, 2.75) is 32.9 Å². The Kier molecular flexibility index (Phi) is 4.37. The first-order chi connectivity index (χ1) is 8.63. The molecule has 1 aromatic heterocycles. The summed E-state index contributed by atoms with van der Waals surface area (Å²) in [5.41, 5.74) is 8.19. The number of rotatable bonds is 4. The van der Waals surface area contributed by atoms with Crippen LogP contribution in [0.1, 0.15) is 31.3 Å². The van der Waals surface area contributed by atoms with Crippen molar-refractivity contribution in [3.8, 4) is 0 Å². The summed E-state index contributed by atoms with van der Waals surface area (Å²) in [4.78, 5) is 12.5. The smallest absolute Gasteiger partial charge is 0.0925 e. The highest BCUT2D eigenvalue weighted by atomic mass is 15.3. The number of nitrogens with one attached hydrogen (secondary N) is 1. The predicted octanol–water partition coefficient (Wildman–Crippen LogP) is 0.744. The van der Waals surface area contributed by atoms with Gasteiger partial charge in [-0.1, -0.05) is 0 Å². The molecule has 1 saturated heterocycles. The van der Waals surface area contributed by atoms with Gasteiger partial charge in [-0.05, 0) is 20.8 Å². The zero-order chi connectivity index (χ0) is 13.1. The van der Waals surface area contributed by atoms with Crippen molar-refractivity contribution < 1.29 is 0 Å². The van der Waals surface area contributed by atoms with Crippen molar-refractivity contribution in [2.75, 3.05) is 32.7 Å². The van der Waals surface area contributed by atoms with Gasteiger partial charge in [0.05, 0.1) is 18.1 Å². The van der Waals surface area contributed by atoms with E-state index in [4.69, 9.17) is 5.73 Å². The molecule has 0 aromatic carbocycles. The van der Waals surface area contributed by atoms with Crippen molar-refractivity contribution in [1.82, 2.24) is 19.8 Å². The molecule has 0 saturated carbocycles. The molecule has 0 radical (unpaired) electrons. The average Bonchev–Trinajstić information content (AvgIpc) is 2.78. The van der Waals surface area contributed by atoms with Crippen LogP contribution in [0.2, 0.25) is 0 Å². The Bertz CT molecular complexity index is 365. The van der Waals surface area contributed by atoms with E-state index in [0.29, 0.717) is 12.6 Å². The fourth-order valence-electron chi connectivity index (χ4n) is 2.70.